The molecule has 0 spiro atoms. The van der Waals surface area contributed by atoms with Crippen molar-refractivity contribution in [3.63, 3.8) is 0 Å². The van der Waals surface area contributed by atoms with Gasteiger partial charge in [-0.05, 0) is 29.2 Å². The van der Waals surface area contributed by atoms with Crippen molar-refractivity contribution in [3.05, 3.63) is 107 Å². The van der Waals surface area contributed by atoms with Crippen LogP contribution in [0.1, 0.15) is 29.5 Å². The summed E-state index contributed by atoms with van der Waals surface area (Å²) in [6.45, 7) is 0.381. The lowest BCUT2D eigenvalue weighted by molar-refractivity contribution is -0.141. The van der Waals surface area contributed by atoms with Gasteiger partial charge in [-0.15, -0.1) is 0 Å². The Labute approximate surface area is 220 Å². The van der Waals surface area contributed by atoms with E-state index in [1.165, 1.54) is 4.90 Å². The van der Waals surface area contributed by atoms with Crippen LogP contribution in [-0.2, 0) is 38.7 Å². The average molecular weight is 518 g/mol. The van der Waals surface area contributed by atoms with Crippen molar-refractivity contribution < 1.29 is 19.2 Å². The van der Waals surface area contributed by atoms with Gasteiger partial charge in [0.25, 0.3) is 5.91 Å². The molecule has 0 radical (unpaired) electrons. The first-order valence-corrected chi connectivity index (χ1v) is 12.5. The van der Waals surface area contributed by atoms with Crippen LogP contribution in [0.15, 0.2) is 84.9 Å². The van der Waals surface area contributed by atoms with Gasteiger partial charge in [-0.2, -0.15) is 0 Å². The Hall–Kier alpha value is -3.97. The number of carbonyl (C=O) groups excluding carboxylic acids is 4. The van der Waals surface area contributed by atoms with E-state index in [2.05, 4.69) is 10.6 Å². The highest BCUT2D eigenvalue weighted by molar-refractivity contribution is 6.38. The third-order valence-electron chi connectivity index (χ3n) is 6.36. The number of Topliss-reactive ketones (excluding diaryl/α,β-unsaturated/α-hetero) is 1. The Morgan fingerprint density at radius 3 is 2.19 bits per heavy atom. The Morgan fingerprint density at radius 2 is 1.51 bits per heavy atom. The van der Waals surface area contributed by atoms with Gasteiger partial charge in [-0.3, -0.25) is 19.2 Å². The first-order valence-electron chi connectivity index (χ1n) is 12.2. The van der Waals surface area contributed by atoms with Gasteiger partial charge in [-0.1, -0.05) is 90.5 Å². The largest absolute Gasteiger partial charge is 0.345 e. The maximum atomic E-state index is 13.3. The van der Waals surface area contributed by atoms with E-state index in [4.69, 9.17) is 11.6 Å². The molecular weight excluding hydrogens is 490 g/mol. The summed E-state index contributed by atoms with van der Waals surface area (Å²) in [5, 5.41) is 5.85. The number of ketones is 1. The number of halogens is 1. The van der Waals surface area contributed by atoms with E-state index in [1.807, 2.05) is 60.7 Å². The number of benzene rings is 3. The SMILES string of the molecule is O=C(NCc1ccccc1Cl)C(=O)C(Cc1ccccc1)NC(=O)[C@H]1CCC(=O)N1Cc1ccccc1. The number of likely N-dealkylation sites (tertiary alicyclic amines) is 1. The fourth-order valence-electron chi connectivity index (χ4n) is 4.37. The van der Waals surface area contributed by atoms with Crippen molar-refractivity contribution >= 4 is 35.1 Å². The molecule has 37 heavy (non-hydrogen) atoms. The first kappa shape index (κ1) is 26.1. The summed E-state index contributed by atoms with van der Waals surface area (Å²) in [7, 11) is 0. The Morgan fingerprint density at radius 1 is 0.892 bits per heavy atom. The lowest BCUT2D eigenvalue weighted by Crippen LogP contribution is -2.53. The minimum atomic E-state index is -1.09. The molecule has 190 valence electrons. The van der Waals surface area contributed by atoms with Gasteiger partial charge in [0.2, 0.25) is 17.6 Å². The topological polar surface area (TPSA) is 95.6 Å². The molecule has 8 heteroatoms. The Kier molecular flexibility index (Phi) is 8.69. The number of carbonyl (C=O) groups is 4. The molecule has 3 amide bonds. The second kappa shape index (κ2) is 12.3. The third-order valence-corrected chi connectivity index (χ3v) is 6.73. The van der Waals surface area contributed by atoms with Gasteiger partial charge in [0.05, 0.1) is 0 Å². The Bertz CT molecular complexity index is 1270. The summed E-state index contributed by atoms with van der Waals surface area (Å²) in [6, 6.07) is 23.8. The van der Waals surface area contributed by atoms with Crippen LogP contribution < -0.4 is 10.6 Å². The van der Waals surface area contributed by atoms with Crippen molar-refractivity contribution in [1.82, 2.24) is 15.5 Å². The molecule has 3 aromatic carbocycles. The maximum Gasteiger partial charge on any atom is 0.289 e. The van der Waals surface area contributed by atoms with Gasteiger partial charge < -0.3 is 15.5 Å². The highest BCUT2D eigenvalue weighted by Crippen LogP contribution is 2.22. The van der Waals surface area contributed by atoms with Crippen LogP contribution in [0, 0.1) is 0 Å². The zero-order chi connectivity index (χ0) is 26.2. The van der Waals surface area contributed by atoms with Crippen molar-refractivity contribution in [3.8, 4) is 0 Å². The molecule has 0 saturated carbocycles. The molecule has 2 N–H and O–H groups in total. The molecule has 3 aromatic rings. The van der Waals surface area contributed by atoms with Crippen LogP contribution in [-0.4, -0.2) is 40.5 Å². The van der Waals surface area contributed by atoms with E-state index in [1.54, 1.807) is 24.3 Å². The molecule has 2 atom stereocenters. The molecule has 1 unspecified atom stereocenters. The summed E-state index contributed by atoms with van der Waals surface area (Å²) < 4.78 is 0. The van der Waals surface area contributed by atoms with Gasteiger partial charge in [-0.25, -0.2) is 0 Å². The molecule has 7 nitrogen and oxygen atoms in total. The predicted molar refractivity (Wildman–Crippen MR) is 140 cm³/mol. The summed E-state index contributed by atoms with van der Waals surface area (Å²) in [5.74, 6) is -2.14. The average Bonchev–Trinajstić information content (AvgIpc) is 3.28. The molecule has 1 aliphatic heterocycles. The van der Waals surface area contributed by atoms with Crippen molar-refractivity contribution in [2.45, 2.75) is 44.4 Å². The molecular formula is C29H28ClN3O4. The standard InChI is InChI=1S/C29H28ClN3O4/c30-23-14-8-7-13-22(23)18-31-29(37)27(35)24(17-20-9-3-1-4-10-20)32-28(36)25-15-16-26(34)33(25)19-21-11-5-2-6-12-21/h1-14,24-25H,15-19H2,(H,31,37)(H,32,36)/t24?,25-/m1/s1. The smallest absolute Gasteiger partial charge is 0.289 e. The third kappa shape index (κ3) is 6.83. The van der Waals surface area contributed by atoms with E-state index in [9.17, 15) is 19.2 Å². The van der Waals surface area contributed by atoms with Crippen LogP contribution in [0.3, 0.4) is 0 Å². The zero-order valence-corrected chi connectivity index (χ0v) is 21.0. The van der Waals surface area contributed by atoms with E-state index >= 15 is 0 Å². The molecule has 1 heterocycles. The summed E-state index contributed by atoms with van der Waals surface area (Å²) in [6.07, 6.45) is 0.743. The minimum absolute atomic E-state index is 0.0816. The first-order chi connectivity index (χ1) is 17.9. The highest BCUT2D eigenvalue weighted by Gasteiger charge is 2.38. The van der Waals surface area contributed by atoms with Gasteiger partial charge in [0, 0.05) is 31.0 Å². The Balaban J connectivity index is 1.47. The normalized spacial score (nSPS) is 15.8. The predicted octanol–water partition coefficient (Wildman–Crippen LogP) is 3.44. The molecule has 0 aliphatic carbocycles. The van der Waals surface area contributed by atoms with Crippen molar-refractivity contribution in [2.24, 2.45) is 0 Å². The number of hydrogen-bond donors (Lipinski definition) is 2. The van der Waals surface area contributed by atoms with Crippen molar-refractivity contribution in [2.75, 3.05) is 0 Å². The highest BCUT2D eigenvalue weighted by atomic mass is 35.5. The summed E-state index contributed by atoms with van der Waals surface area (Å²) in [5.41, 5.74) is 2.38. The zero-order valence-electron chi connectivity index (χ0n) is 20.2. The monoisotopic (exact) mass is 517 g/mol. The van der Waals surface area contributed by atoms with Gasteiger partial charge in [0.15, 0.2) is 0 Å². The number of nitrogens with zero attached hydrogens (tertiary/aromatic N) is 1. The lowest BCUT2D eigenvalue weighted by Gasteiger charge is -2.26. The van der Waals surface area contributed by atoms with E-state index in [-0.39, 0.29) is 25.3 Å². The fraction of sp³-hybridized carbons (Fsp3) is 0.241. The molecule has 0 bridgehead atoms. The van der Waals surface area contributed by atoms with Crippen LogP contribution in [0.25, 0.3) is 0 Å². The van der Waals surface area contributed by atoms with Crippen molar-refractivity contribution in [1.29, 1.82) is 0 Å². The van der Waals surface area contributed by atoms with E-state index in [0.717, 1.165) is 11.1 Å². The fourth-order valence-corrected chi connectivity index (χ4v) is 4.58. The van der Waals surface area contributed by atoms with Crippen LogP contribution in [0.4, 0.5) is 0 Å². The maximum absolute atomic E-state index is 13.3. The number of hydrogen-bond acceptors (Lipinski definition) is 4. The molecule has 0 aromatic heterocycles. The number of amides is 3. The molecule has 4 rings (SSSR count). The minimum Gasteiger partial charge on any atom is -0.345 e. The van der Waals surface area contributed by atoms with E-state index < -0.39 is 29.7 Å². The quantitative estimate of drug-likeness (QED) is 0.403. The molecule has 1 saturated heterocycles. The van der Waals surface area contributed by atoms with Crippen LogP contribution >= 0.6 is 11.6 Å². The molecule has 1 aliphatic rings. The summed E-state index contributed by atoms with van der Waals surface area (Å²) >= 11 is 6.16. The van der Waals surface area contributed by atoms with Gasteiger partial charge >= 0.3 is 0 Å². The lowest BCUT2D eigenvalue weighted by atomic mass is 10.0. The molecule has 1 fully saturated rings. The second-order valence-corrected chi connectivity index (χ2v) is 9.36. The number of rotatable bonds is 10. The number of nitrogens with one attached hydrogen (secondary N) is 2. The summed E-state index contributed by atoms with van der Waals surface area (Å²) in [4.78, 5) is 53.4. The van der Waals surface area contributed by atoms with Crippen LogP contribution in [0.2, 0.25) is 5.02 Å². The van der Waals surface area contributed by atoms with Crippen LogP contribution in [0.5, 0.6) is 0 Å². The van der Waals surface area contributed by atoms with Gasteiger partial charge in [0.1, 0.15) is 12.1 Å². The second-order valence-electron chi connectivity index (χ2n) is 8.95. The van der Waals surface area contributed by atoms with E-state index in [0.29, 0.717) is 23.6 Å².